The van der Waals surface area contributed by atoms with Crippen LogP contribution in [0.1, 0.15) is 32.6 Å². The van der Waals surface area contributed by atoms with E-state index < -0.39 is 6.03 Å². The van der Waals surface area contributed by atoms with Gasteiger partial charge < -0.3 is 10.6 Å². The molecular weight excluding hydrogens is 256 g/mol. The Bertz CT molecular complexity index is 347. The van der Waals surface area contributed by atoms with Gasteiger partial charge in [-0.25, -0.2) is 4.79 Å². The molecule has 2 fully saturated rings. The Labute approximate surface area is 120 Å². The quantitative estimate of drug-likeness (QED) is 0.696. The summed E-state index contributed by atoms with van der Waals surface area (Å²) >= 11 is 0. The summed E-state index contributed by atoms with van der Waals surface area (Å²) in [6.45, 7) is 4.89. The van der Waals surface area contributed by atoms with Crippen LogP contribution in [-0.2, 0) is 4.79 Å². The summed E-state index contributed by atoms with van der Waals surface area (Å²) in [5, 5.41) is 8.33. The number of amides is 3. The van der Waals surface area contributed by atoms with Gasteiger partial charge in [-0.1, -0.05) is 0 Å². The molecule has 0 aromatic rings. The van der Waals surface area contributed by atoms with Crippen LogP contribution in [0, 0.1) is 5.92 Å². The van der Waals surface area contributed by atoms with Crippen molar-refractivity contribution in [2.75, 3.05) is 26.7 Å². The number of imide groups is 1. The SMILES string of the molecule is CNC(=O)NC(=O)C(C)N1CCC(C2CCCN2)CC1. The maximum atomic E-state index is 11.9. The zero-order valence-corrected chi connectivity index (χ0v) is 12.4. The average molecular weight is 282 g/mol. The van der Waals surface area contributed by atoms with E-state index in [0.29, 0.717) is 6.04 Å². The van der Waals surface area contributed by atoms with Crippen LogP contribution in [0.2, 0.25) is 0 Å². The van der Waals surface area contributed by atoms with Crippen molar-refractivity contribution in [2.45, 2.75) is 44.7 Å². The first-order valence-electron chi connectivity index (χ1n) is 7.62. The molecule has 3 N–H and O–H groups in total. The Morgan fingerprint density at radius 2 is 1.95 bits per heavy atom. The summed E-state index contributed by atoms with van der Waals surface area (Å²) in [6, 6.07) is -0.0103. The largest absolute Gasteiger partial charge is 0.341 e. The van der Waals surface area contributed by atoms with Gasteiger partial charge in [0.2, 0.25) is 5.91 Å². The monoisotopic (exact) mass is 282 g/mol. The van der Waals surface area contributed by atoms with Gasteiger partial charge in [-0.2, -0.15) is 0 Å². The first-order valence-corrected chi connectivity index (χ1v) is 7.62. The van der Waals surface area contributed by atoms with Crippen LogP contribution in [0.4, 0.5) is 4.79 Å². The second kappa shape index (κ2) is 7.04. The molecule has 2 rings (SSSR count). The van der Waals surface area contributed by atoms with Crippen LogP contribution in [0.15, 0.2) is 0 Å². The lowest BCUT2D eigenvalue weighted by Crippen LogP contribution is -2.52. The number of rotatable bonds is 3. The molecule has 0 aromatic heterocycles. The topological polar surface area (TPSA) is 73.5 Å². The van der Waals surface area contributed by atoms with E-state index >= 15 is 0 Å². The van der Waals surface area contributed by atoms with E-state index in [1.807, 2.05) is 6.92 Å². The number of hydrogen-bond acceptors (Lipinski definition) is 4. The van der Waals surface area contributed by atoms with Gasteiger partial charge in [0.1, 0.15) is 0 Å². The minimum atomic E-state index is -0.438. The predicted octanol–water partition coefficient (Wildman–Crippen LogP) is 0.295. The zero-order chi connectivity index (χ0) is 14.5. The summed E-state index contributed by atoms with van der Waals surface area (Å²) in [7, 11) is 1.51. The van der Waals surface area contributed by atoms with Gasteiger partial charge in [0.15, 0.2) is 0 Å². The van der Waals surface area contributed by atoms with Crippen LogP contribution < -0.4 is 16.0 Å². The molecule has 0 spiro atoms. The third kappa shape index (κ3) is 3.70. The third-order valence-electron chi connectivity index (χ3n) is 4.63. The lowest BCUT2D eigenvalue weighted by atomic mass is 9.88. The minimum absolute atomic E-state index is 0.221. The molecule has 2 saturated heterocycles. The van der Waals surface area contributed by atoms with Crippen LogP contribution in [0.5, 0.6) is 0 Å². The number of urea groups is 1. The maximum absolute atomic E-state index is 11.9. The van der Waals surface area contributed by atoms with Crippen molar-refractivity contribution in [2.24, 2.45) is 5.92 Å². The molecule has 0 radical (unpaired) electrons. The second-order valence-corrected chi connectivity index (χ2v) is 5.82. The molecule has 0 saturated carbocycles. The molecule has 2 aliphatic rings. The third-order valence-corrected chi connectivity index (χ3v) is 4.63. The van der Waals surface area contributed by atoms with Crippen molar-refractivity contribution in [1.29, 1.82) is 0 Å². The van der Waals surface area contributed by atoms with Crippen LogP contribution in [0.25, 0.3) is 0 Å². The van der Waals surface area contributed by atoms with Gasteiger partial charge in [-0.3, -0.25) is 15.0 Å². The molecule has 2 atom stereocenters. The Morgan fingerprint density at radius 1 is 1.25 bits per heavy atom. The first-order chi connectivity index (χ1) is 9.61. The van der Waals surface area contributed by atoms with E-state index in [4.69, 9.17) is 0 Å². The van der Waals surface area contributed by atoms with E-state index in [1.54, 1.807) is 0 Å². The number of likely N-dealkylation sites (tertiary alicyclic amines) is 1. The molecule has 0 bridgehead atoms. The average Bonchev–Trinajstić information content (AvgIpc) is 3.00. The summed E-state index contributed by atoms with van der Waals surface area (Å²) in [5.41, 5.74) is 0. The number of hydrogen-bond donors (Lipinski definition) is 3. The van der Waals surface area contributed by atoms with Crippen LogP contribution in [-0.4, -0.2) is 55.6 Å². The normalized spacial score (nSPS) is 26.2. The van der Waals surface area contributed by atoms with Crippen LogP contribution in [0.3, 0.4) is 0 Å². The van der Waals surface area contributed by atoms with Gasteiger partial charge in [0, 0.05) is 13.1 Å². The summed E-state index contributed by atoms with van der Waals surface area (Å²) < 4.78 is 0. The molecule has 6 nitrogen and oxygen atoms in total. The lowest BCUT2D eigenvalue weighted by Gasteiger charge is -2.37. The second-order valence-electron chi connectivity index (χ2n) is 5.82. The van der Waals surface area contributed by atoms with Crippen molar-refractivity contribution in [3.05, 3.63) is 0 Å². The smallest absolute Gasteiger partial charge is 0.321 e. The number of carbonyl (C=O) groups is 2. The molecule has 0 aromatic carbocycles. The fraction of sp³-hybridized carbons (Fsp3) is 0.857. The molecule has 2 unspecified atom stereocenters. The van der Waals surface area contributed by atoms with Crippen molar-refractivity contribution in [3.63, 3.8) is 0 Å². The highest BCUT2D eigenvalue weighted by Crippen LogP contribution is 2.26. The molecule has 6 heteroatoms. The summed E-state index contributed by atoms with van der Waals surface area (Å²) in [6.07, 6.45) is 4.84. The fourth-order valence-electron chi connectivity index (χ4n) is 3.27. The molecule has 0 aliphatic carbocycles. The molecular formula is C14H26N4O2. The van der Waals surface area contributed by atoms with E-state index in [1.165, 1.54) is 19.9 Å². The van der Waals surface area contributed by atoms with E-state index in [-0.39, 0.29) is 11.9 Å². The van der Waals surface area contributed by atoms with E-state index in [2.05, 4.69) is 20.9 Å². The minimum Gasteiger partial charge on any atom is -0.341 e. The number of piperidine rings is 1. The maximum Gasteiger partial charge on any atom is 0.321 e. The lowest BCUT2D eigenvalue weighted by molar-refractivity contribution is -0.125. The first kappa shape index (κ1) is 15.3. The van der Waals surface area contributed by atoms with Gasteiger partial charge >= 0.3 is 6.03 Å². The highest BCUT2D eigenvalue weighted by Gasteiger charge is 2.31. The van der Waals surface area contributed by atoms with Crippen molar-refractivity contribution >= 4 is 11.9 Å². The van der Waals surface area contributed by atoms with E-state index in [0.717, 1.165) is 38.4 Å². The standard InChI is InChI=1S/C14H26N4O2/c1-10(13(19)17-14(20)15-2)18-8-5-11(6-9-18)12-4-3-7-16-12/h10-12,16H,3-9H2,1-2H3,(H2,15,17,19,20). The van der Waals surface area contributed by atoms with Crippen molar-refractivity contribution < 1.29 is 9.59 Å². The molecule has 3 amide bonds. The summed E-state index contributed by atoms with van der Waals surface area (Å²) in [5.74, 6) is 0.518. The number of carbonyl (C=O) groups excluding carboxylic acids is 2. The molecule has 114 valence electrons. The molecule has 2 heterocycles. The zero-order valence-electron chi connectivity index (χ0n) is 12.4. The predicted molar refractivity (Wildman–Crippen MR) is 77.4 cm³/mol. The van der Waals surface area contributed by atoms with E-state index in [9.17, 15) is 9.59 Å². The Hall–Kier alpha value is -1.14. The van der Waals surface area contributed by atoms with Gasteiger partial charge in [-0.05, 0) is 58.2 Å². The Morgan fingerprint density at radius 3 is 2.50 bits per heavy atom. The van der Waals surface area contributed by atoms with Gasteiger partial charge in [0.25, 0.3) is 0 Å². The van der Waals surface area contributed by atoms with Gasteiger partial charge in [-0.15, -0.1) is 0 Å². The number of nitrogens with zero attached hydrogens (tertiary/aromatic N) is 1. The summed E-state index contributed by atoms with van der Waals surface area (Å²) in [4.78, 5) is 25.3. The van der Waals surface area contributed by atoms with Crippen molar-refractivity contribution in [1.82, 2.24) is 20.9 Å². The van der Waals surface area contributed by atoms with Crippen LogP contribution >= 0.6 is 0 Å². The Kier molecular flexibility index (Phi) is 5.37. The molecule has 20 heavy (non-hydrogen) atoms. The van der Waals surface area contributed by atoms with Crippen molar-refractivity contribution in [3.8, 4) is 0 Å². The molecule has 2 aliphatic heterocycles. The Balaban J connectivity index is 1.77. The fourth-order valence-corrected chi connectivity index (χ4v) is 3.27. The van der Waals surface area contributed by atoms with Gasteiger partial charge in [0.05, 0.1) is 6.04 Å². The highest BCUT2D eigenvalue weighted by molar-refractivity contribution is 5.96. The highest BCUT2D eigenvalue weighted by atomic mass is 16.2. The number of nitrogens with one attached hydrogen (secondary N) is 3.